The van der Waals surface area contributed by atoms with Crippen molar-refractivity contribution >= 4 is 11.9 Å². The Morgan fingerprint density at radius 2 is 2.11 bits per heavy atom. The minimum atomic E-state index is -0.877. The Bertz CT molecular complexity index is 432. The highest BCUT2D eigenvalue weighted by Gasteiger charge is 2.35. The Kier molecular flexibility index (Phi) is 4.48. The predicted octanol–water partition coefficient (Wildman–Crippen LogP) is 0.619. The zero-order valence-electron chi connectivity index (χ0n) is 10.5. The van der Waals surface area contributed by atoms with Crippen LogP contribution >= 0.6 is 0 Å². The van der Waals surface area contributed by atoms with Crippen LogP contribution in [0.2, 0.25) is 0 Å². The standard InChI is InChI=1S/C12H17N3O4/c16-11(13-6-5-10-14-7-19-15-10)8-3-1-2-4-9(8)12(17)18/h7-9H,1-6H2,(H,13,16)(H,17,18)/t8-,9+/m1/s1. The number of carboxylic acids is 1. The maximum atomic E-state index is 12.0. The first kappa shape index (κ1) is 13.5. The predicted molar refractivity (Wildman–Crippen MR) is 64.1 cm³/mol. The summed E-state index contributed by atoms with van der Waals surface area (Å²) in [5, 5.41) is 15.5. The summed E-state index contributed by atoms with van der Waals surface area (Å²) in [7, 11) is 0. The smallest absolute Gasteiger partial charge is 0.307 e. The monoisotopic (exact) mass is 267 g/mol. The molecule has 2 atom stereocenters. The van der Waals surface area contributed by atoms with Gasteiger partial charge in [-0.05, 0) is 12.8 Å². The van der Waals surface area contributed by atoms with Crippen LogP contribution in [0.4, 0.5) is 0 Å². The quantitative estimate of drug-likeness (QED) is 0.810. The Morgan fingerprint density at radius 3 is 2.74 bits per heavy atom. The molecule has 0 unspecified atom stereocenters. The first-order valence-corrected chi connectivity index (χ1v) is 6.44. The fourth-order valence-electron chi connectivity index (χ4n) is 2.47. The van der Waals surface area contributed by atoms with Crippen molar-refractivity contribution in [1.29, 1.82) is 0 Å². The number of carbonyl (C=O) groups is 2. The average Bonchev–Trinajstić information content (AvgIpc) is 2.91. The van der Waals surface area contributed by atoms with Gasteiger partial charge in [-0.25, -0.2) is 0 Å². The van der Waals surface area contributed by atoms with E-state index in [-0.39, 0.29) is 5.91 Å². The highest BCUT2D eigenvalue weighted by Crippen LogP contribution is 2.30. The summed E-state index contributed by atoms with van der Waals surface area (Å²) in [6.45, 7) is 0.390. The van der Waals surface area contributed by atoms with E-state index in [1.165, 1.54) is 6.39 Å². The van der Waals surface area contributed by atoms with Crippen LogP contribution in [0.1, 0.15) is 31.5 Å². The van der Waals surface area contributed by atoms with E-state index in [0.29, 0.717) is 31.6 Å². The second kappa shape index (κ2) is 6.31. The molecule has 0 saturated heterocycles. The van der Waals surface area contributed by atoms with Gasteiger partial charge in [-0.1, -0.05) is 18.0 Å². The van der Waals surface area contributed by atoms with Crippen LogP contribution in [0, 0.1) is 11.8 Å². The molecule has 0 aliphatic heterocycles. The normalized spacial score (nSPS) is 22.9. The van der Waals surface area contributed by atoms with E-state index in [4.69, 9.17) is 5.11 Å². The van der Waals surface area contributed by atoms with E-state index >= 15 is 0 Å². The lowest BCUT2D eigenvalue weighted by atomic mass is 9.79. The number of rotatable bonds is 5. The molecular weight excluding hydrogens is 250 g/mol. The summed E-state index contributed by atoms with van der Waals surface area (Å²) in [5.41, 5.74) is 0. The van der Waals surface area contributed by atoms with Crippen molar-refractivity contribution in [3.05, 3.63) is 12.2 Å². The van der Waals surface area contributed by atoms with Gasteiger partial charge in [0.1, 0.15) is 0 Å². The Labute approximate surface area is 110 Å². The van der Waals surface area contributed by atoms with E-state index < -0.39 is 17.8 Å². The molecule has 1 fully saturated rings. The zero-order valence-corrected chi connectivity index (χ0v) is 10.5. The van der Waals surface area contributed by atoms with Crippen LogP contribution in [-0.2, 0) is 16.0 Å². The summed E-state index contributed by atoms with van der Waals surface area (Å²) in [6.07, 6.45) is 4.73. The molecule has 2 N–H and O–H groups in total. The van der Waals surface area contributed by atoms with Crippen molar-refractivity contribution in [3.8, 4) is 0 Å². The highest BCUT2D eigenvalue weighted by molar-refractivity contribution is 5.84. The Hall–Kier alpha value is -1.92. The summed E-state index contributed by atoms with van der Waals surface area (Å²) in [5.74, 6) is -1.51. The summed E-state index contributed by atoms with van der Waals surface area (Å²) >= 11 is 0. The number of nitrogens with zero attached hydrogens (tertiary/aromatic N) is 2. The molecule has 1 amide bonds. The Balaban J connectivity index is 1.82. The van der Waals surface area contributed by atoms with E-state index in [1.807, 2.05) is 0 Å². The molecule has 7 heteroatoms. The van der Waals surface area contributed by atoms with Crippen LogP contribution in [-0.4, -0.2) is 33.7 Å². The first-order chi connectivity index (χ1) is 9.18. The molecule has 19 heavy (non-hydrogen) atoms. The van der Waals surface area contributed by atoms with E-state index in [2.05, 4.69) is 20.0 Å². The maximum absolute atomic E-state index is 12.0. The molecule has 1 aromatic rings. The number of aliphatic carboxylic acids is 1. The van der Waals surface area contributed by atoms with Gasteiger partial charge in [-0.2, -0.15) is 4.98 Å². The van der Waals surface area contributed by atoms with Crippen molar-refractivity contribution in [2.45, 2.75) is 32.1 Å². The summed E-state index contributed by atoms with van der Waals surface area (Å²) in [4.78, 5) is 27.0. The van der Waals surface area contributed by atoms with Gasteiger partial charge >= 0.3 is 5.97 Å². The number of aromatic nitrogens is 2. The molecule has 1 aliphatic carbocycles. The molecule has 1 aromatic heterocycles. The molecule has 104 valence electrons. The molecule has 0 spiro atoms. The molecular formula is C12H17N3O4. The van der Waals surface area contributed by atoms with Gasteiger partial charge in [0.05, 0.1) is 11.8 Å². The maximum Gasteiger partial charge on any atom is 0.307 e. The minimum absolute atomic E-state index is 0.185. The van der Waals surface area contributed by atoms with Crippen molar-refractivity contribution in [2.24, 2.45) is 11.8 Å². The molecule has 2 rings (SSSR count). The number of hydrogen-bond donors (Lipinski definition) is 2. The lowest BCUT2D eigenvalue weighted by molar-refractivity contribution is -0.148. The molecule has 1 aliphatic rings. The van der Waals surface area contributed by atoms with Gasteiger partial charge in [0.15, 0.2) is 5.82 Å². The average molecular weight is 267 g/mol. The number of amides is 1. The molecule has 1 saturated carbocycles. The van der Waals surface area contributed by atoms with Crippen LogP contribution in [0.3, 0.4) is 0 Å². The summed E-state index contributed by atoms with van der Waals surface area (Å²) < 4.78 is 4.59. The van der Waals surface area contributed by atoms with Gasteiger partial charge in [-0.3, -0.25) is 9.59 Å². The number of carboxylic acid groups (broad SMARTS) is 1. The van der Waals surface area contributed by atoms with Crippen LogP contribution in [0.5, 0.6) is 0 Å². The first-order valence-electron chi connectivity index (χ1n) is 6.44. The Morgan fingerprint density at radius 1 is 1.37 bits per heavy atom. The van der Waals surface area contributed by atoms with Gasteiger partial charge in [0, 0.05) is 13.0 Å². The topological polar surface area (TPSA) is 105 Å². The third-order valence-electron chi connectivity index (χ3n) is 3.47. The molecule has 1 heterocycles. The number of hydrogen-bond acceptors (Lipinski definition) is 5. The van der Waals surface area contributed by atoms with Gasteiger partial charge in [0.25, 0.3) is 0 Å². The number of nitrogens with one attached hydrogen (secondary N) is 1. The van der Waals surface area contributed by atoms with E-state index in [1.54, 1.807) is 0 Å². The van der Waals surface area contributed by atoms with E-state index in [9.17, 15) is 9.59 Å². The third-order valence-corrected chi connectivity index (χ3v) is 3.47. The van der Waals surface area contributed by atoms with Crippen molar-refractivity contribution in [2.75, 3.05) is 6.54 Å². The largest absolute Gasteiger partial charge is 0.481 e. The van der Waals surface area contributed by atoms with Crippen molar-refractivity contribution in [3.63, 3.8) is 0 Å². The van der Waals surface area contributed by atoms with Crippen molar-refractivity contribution < 1.29 is 19.2 Å². The molecule has 0 bridgehead atoms. The fourth-order valence-corrected chi connectivity index (χ4v) is 2.47. The van der Waals surface area contributed by atoms with Gasteiger partial charge in [-0.15, -0.1) is 0 Å². The molecule has 0 radical (unpaired) electrons. The van der Waals surface area contributed by atoms with Crippen LogP contribution in [0.15, 0.2) is 10.9 Å². The van der Waals surface area contributed by atoms with Crippen LogP contribution < -0.4 is 5.32 Å². The lowest BCUT2D eigenvalue weighted by Crippen LogP contribution is -2.40. The van der Waals surface area contributed by atoms with Gasteiger partial charge < -0.3 is 14.9 Å². The van der Waals surface area contributed by atoms with Crippen LogP contribution in [0.25, 0.3) is 0 Å². The lowest BCUT2D eigenvalue weighted by Gasteiger charge is -2.27. The molecule has 7 nitrogen and oxygen atoms in total. The van der Waals surface area contributed by atoms with Crippen molar-refractivity contribution in [1.82, 2.24) is 15.5 Å². The highest BCUT2D eigenvalue weighted by atomic mass is 16.5. The zero-order chi connectivity index (χ0) is 13.7. The second-order valence-corrected chi connectivity index (χ2v) is 4.72. The number of carbonyl (C=O) groups excluding carboxylic acids is 1. The SMILES string of the molecule is O=C(O)[C@H]1CCCC[C@H]1C(=O)NCCc1ncon1. The van der Waals surface area contributed by atoms with E-state index in [0.717, 1.165) is 12.8 Å². The fraction of sp³-hybridized carbons (Fsp3) is 0.667. The van der Waals surface area contributed by atoms with Gasteiger partial charge in [0.2, 0.25) is 12.3 Å². The molecule has 0 aromatic carbocycles. The second-order valence-electron chi connectivity index (χ2n) is 4.72. The third kappa shape index (κ3) is 3.52. The minimum Gasteiger partial charge on any atom is -0.481 e. The summed E-state index contributed by atoms with van der Waals surface area (Å²) in [6, 6.07) is 0.